The maximum Gasteiger partial charge on any atom is 0.182 e. The van der Waals surface area contributed by atoms with Gasteiger partial charge < -0.3 is 5.73 Å². The van der Waals surface area contributed by atoms with E-state index in [-0.39, 0.29) is 10.1 Å². The summed E-state index contributed by atoms with van der Waals surface area (Å²) in [6.07, 6.45) is 0. The SMILES string of the molecule is NC(=S)NNc1ccc(F)c(Cl)c1. The summed E-state index contributed by atoms with van der Waals surface area (Å²) < 4.78 is 12.7. The van der Waals surface area contributed by atoms with E-state index in [1.54, 1.807) is 0 Å². The minimum absolute atomic E-state index is 0.0368. The van der Waals surface area contributed by atoms with E-state index in [4.69, 9.17) is 17.3 Å². The summed E-state index contributed by atoms with van der Waals surface area (Å²) in [5.74, 6) is -0.470. The number of hydrazine groups is 1. The van der Waals surface area contributed by atoms with Gasteiger partial charge in [-0.05, 0) is 30.4 Å². The molecule has 70 valence electrons. The quantitative estimate of drug-likeness (QED) is 0.523. The molecule has 0 saturated carbocycles. The smallest absolute Gasteiger partial charge is 0.182 e. The molecule has 0 fully saturated rings. The molecule has 0 atom stereocenters. The van der Waals surface area contributed by atoms with Crippen molar-refractivity contribution < 1.29 is 4.39 Å². The van der Waals surface area contributed by atoms with E-state index in [2.05, 4.69) is 23.1 Å². The third-order valence-corrected chi connectivity index (χ3v) is 1.64. The lowest BCUT2D eigenvalue weighted by Gasteiger charge is -2.07. The summed E-state index contributed by atoms with van der Waals surface area (Å²) in [7, 11) is 0. The van der Waals surface area contributed by atoms with Gasteiger partial charge in [0.15, 0.2) is 5.11 Å². The molecule has 0 aliphatic heterocycles. The molecule has 0 aliphatic carbocycles. The molecule has 1 aromatic carbocycles. The number of thiocarbonyl (C=S) groups is 1. The molecule has 0 radical (unpaired) electrons. The van der Waals surface area contributed by atoms with Gasteiger partial charge in [-0.2, -0.15) is 0 Å². The monoisotopic (exact) mass is 219 g/mol. The molecule has 6 heteroatoms. The fourth-order valence-corrected chi connectivity index (χ4v) is 0.939. The van der Waals surface area contributed by atoms with E-state index in [1.807, 2.05) is 0 Å². The van der Waals surface area contributed by atoms with Crippen LogP contribution in [0.3, 0.4) is 0 Å². The molecule has 1 rings (SSSR count). The van der Waals surface area contributed by atoms with Gasteiger partial charge in [-0.15, -0.1) is 0 Å². The van der Waals surface area contributed by atoms with E-state index in [0.717, 1.165) is 0 Å². The summed E-state index contributed by atoms with van der Waals surface area (Å²) in [6, 6.07) is 4.17. The zero-order chi connectivity index (χ0) is 9.84. The molecule has 0 spiro atoms. The fourth-order valence-electron chi connectivity index (χ4n) is 0.708. The molecule has 0 amide bonds. The van der Waals surface area contributed by atoms with E-state index >= 15 is 0 Å². The van der Waals surface area contributed by atoms with Crippen molar-refractivity contribution >= 4 is 34.6 Å². The highest BCUT2D eigenvalue weighted by atomic mass is 35.5. The second kappa shape index (κ2) is 4.25. The zero-order valence-corrected chi connectivity index (χ0v) is 8.05. The topological polar surface area (TPSA) is 50.1 Å². The first-order chi connectivity index (χ1) is 6.09. The van der Waals surface area contributed by atoms with Crippen LogP contribution in [0, 0.1) is 5.82 Å². The lowest BCUT2D eigenvalue weighted by molar-refractivity contribution is 0.628. The number of hydrogen-bond donors (Lipinski definition) is 3. The van der Waals surface area contributed by atoms with Gasteiger partial charge in [0.2, 0.25) is 0 Å². The van der Waals surface area contributed by atoms with Gasteiger partial charge >= 0.3 is 0 Å². The molecule has 1 aromatic rings. The highest BCUT2D eigenvalue weighted by Gasteiger charge is 1.99. The third kappa shape index (κ3) is 3.04. The van der Waals surface area contributed by atoms with Crippen LogP contribution in [0.5, 0.6) is 0 Å². The molecule has 13 heavy (non-hydrogen) atoms. The normalized spacial score (nSPS) is 9.38. The third-order valence-electron chi connectivity index (χ3n) is 1.25. The Labute approximate surface area is 85.0 Å². The first kappa shape index (κ1) is 10.0. The van der Waals surface area contributed by atoms with Crippen molar-refractivity contribution in [3.8, 4) is 0 Å². The number of hydrogen-bond acceptors (Lipinski definition) is 2. The number of benzene rings is 1. The second-order valence-electron chi connectivity index (χ2n) is 2.24. The van der Waals surface area contributed by atoms with Crippen molar-refractivity contribution in [1.82, 2.24) is 5.43 Å². The zero-order valence-electron chi connectivity index (χ0n) is 6.47. The van der Waals surface area contributed by atoms with Crippen molar-refractivity contribution in [3.63, 3.8) is 0 Å². The van der Waals surface area contributed by atoms with E-state index in [9.17, 15) is 4.39 Å². The predicted molar refractivity (Wildman–Crippen MR) is 55.0 cm³/mol. The van der Waals surface area contributed by atoms with Crippen LogP contribution >= 0.6 is 23.8 Å². The summed E-state index contributed by atoms with van der Waals surface area (Å²) in [5, 5.41) is 0.134. The minimum Gasteiger partial charge on any atom is -0.375 e. The lowest BCUT2D eigenvalue weighted by Crippen LogP contribution is -2.33. The van der Waals surface area contributed by atoms with Crippen LogP contribution < -0.4 is 16.6 Å². The highest BCUT2D eigenvalue weighted by molar-refractivity contribution is 7.80. The Balaban J connectivity index is 2.68. The van der Waals surface area contributed by atoms with Gasteiger partial charge in [0.1, 0.15) is 5.82 Å². The Bertz CT molecular complexity index is 332. The van der Waals surface area contributed by atoms with E-state index in [0.29, 0.717) is 5.69 Å². The van der Waals surface area contributed by atoms with Crippen LogP contribution in [0.15, 0.2) is 18.2 Å². The second-order valence-corrected chi connectivity index (χ2v) is 3.09. The van der Waals surface area contributed by atoms with Gasteiger partial charge in [-0.3, -0.25) is 10.9 Å². The van der Waals surface area contributed by atoms with Gasteiger partial charge in [0.05, 0.1) is 10.7 Å². The maximum atomic E-state index is 12.7. The first-order valence-electron chi connectivity index (χ1n) is 3.36. The molecule has 0 unspecified atom stereocenters. The Morgan fingerprint density at radius 2 is 2.23 bits per heavy atom. The summed E-state index contributed by atoms with van der Waals surface area (Å²) in [5.41, 5.74) is 10.9. The van der Waals surface area contributed by atoms with Crippen LogP contribution in [0.1, 0.15) is 0 Å². The Hall–Kier alpha value is -1.07. The largest absolute Gasteiger partial charge is 0.375 e. The first-order valence-corrected chi connectivity index (χ1v) is 4.15. The molecule has 0 heterocycles. The number of anilines is 1. The Morgan fingerprint density at radius 3 is 2.77 bits per heavy atom. The van der Waals surface area contributed by atoms with Gasteiger partial charge in [0.25, 0.3) is 0 Å². The number of halogens is 2. The summed E-state index contributed by atoms with van der Waals surface area (Å²) >= 11 is 10.1. The molecule has 3 nitrogen and oxygen atoms in total. The Kier molecular flexibility index (Phi) is 3.27. The van der Waals surface area contributed by atoms with Crippen LogP contribution in [0.4, 0.5) is 10.1 Å². The maximum absolute atomic E-state index is 12.7. The summed E-state index contributed by atoms with van der Waals surface area (Å²) in [4.78, 5) is 0. The highest BCUT2D eigenvalue weighted by Crippen LogP contribution is 2.18. The van der Waals surface area contributed by atoms with Crippen LogP contribution in [-0.4, -0.2) is 5.11 Å². The number of nitrogens with one attached hydrogen (secondary N) is 2. The average Bonchev–Trinajstić information content (AvgIpc) is 2.07. The molecule has 0 aromatic heterocycles. The molecule has 4 N–H and O–H groups in total. The van der Waals surface area contributed by atoms with E-state index in [1.165, 1.54) is 18.2 Å². The van der Waals surface area contributed by atoms with Crippen LogP contribution in [0.25, 0.3) is 0 Å². The molecular formula is C7H7ClFN3S. The van der Waals surface area contributed by atoms with Crippen molar-refractivity contribution in [1.29, 1.82) is 0 Å². The van der Waals surface area contributed by atoms with Crippen LogP contribution in [-0.2, 0) is 0 Å². The number of rotatable bonds is 2. The van der Waals surface area contributed by atoms with Gasteiger partial charge in [-0.25, -0.2) is 4.39 Å². The molecule has 0 aliphatic rings. The van der Waals surface area contributed by atoms with E-state index < -0.39 is 5.82 Å². The lowest BCUT2D eigenvalue weighted by atomic mass is 10.3. The summed E-state index contributed by atoms with van der Waals surface area (Å²) in [6.45, 7) is 0. The predicted octanol–water partition coefficient (Wildman–Crippen LogP) is 1.64. The number of nitrogens with two attached hydrogens (primary N) is 1. The van der Waals surface area contributed by atoms with Crippen molar-refractivity contribution in [2.24, 2.45) is 5.73 Å². The minimum atomic E-state index is -0.470. The fraction of sp³-hybridized carbons (Fsp3) is 0. The Morgan fingerprint density at radius 1 is 1.54 bits per heavy atom. The average molecular weight is 220 g/mol. The molecular weight excluding hydrogens is 213 g/mol. The molecule has 0 saturated heterocycles. The standard InChI is InChI=1S/C7H7ClFN3S/c8-5-3-4(1-2-6(5)9)11-12-7(10)13/h1-3,11H,(H3,10,12,13). The van der Waals surface area contributed by atoms with Gasteiger partial charge in [0, 0.05) is 0 Å². The molecule has 0 bridgehead atoms. The van der Waals surface area contributed by atoms with Crippen molar-refractivity contribution in [2.45, 2.75) is 0 Å². The van der Waals surface area contributed by atoms with Crippen molar-refractivity contribution in [3.05, 3.63) is 29.0 Å². The van der Waals surface area contributed by atoms with Crippen LogP contribution in [0.2, 0.25) is 5.02 Å². The van der Waals surface area contributed by atoms with Gasteiger partial charge in [-0.1, -0.05) is 11.6 Å². The van der Waals surface area contributed by atoms with Crippen molar-refractivity contribution in [2.75, 3.05) is 5.43 Å².